The molecular weight excluding hydrogens is 477 g/mol. The first-order valence-corrected chi connectivity index (χ1v) is 12.3. The lowest BCUT2D eigenvalue weighted by Crippen LogP contribution is -2.23. The first-order chi connectivity index (χ1) is 16.0. The molecule has 5 nitrogen and oxygen atoms in total. The average Bonchev–Trinajstić information content (AvgIpc) is 3.28. The van der Waals surface area contributed by atoms with Crippen LogP contribution in [0.4, 0.5) is 5.69 Å². The minimum Gasteiger partial charge on any atom is -0.325 e. The number of hydrogen-bond donors (Lipinski definition) is 1. The minimum absolute atomic E-state index is 0.100. The van der Waals surface area contributed by atoms with Crippen molar-refractivity contribution in [1.82, 2.24) is 9.55 Å². The summed E-state index contributed by atoms with van der Waals surface area (Å²) in [6, 6.07) is 18.2. The Kier molecular flexibility index (Phi) is 6.15. The first kappa shape index (κ1) is 22.0. The molecule has 0 fully saturated rings. The quantitative estimate of drug-likeness (QED) is 0.276. The summed E-state index contributed by atoms with van der Waals surface area (Å²) in [5.41, 5.74) is 4.31. The van der Waals surface area contributed by atoms with Gasteiger partial charge in [-0.1, -0.05) is 53.2 Å². The van der Waals surface area contributed by atoms with Crippen molar-refractivity contribution in [3.8, 4) is 5.69 Å². The van der Waals surface area contributed by atoms with Gasteiger partial charge < -0.3 is 5.32 Å². The fraction of sp³-hybridized carbons (Fsp3) is 0.160. The molecule has 0 unspecified atom stereocenters. The van der Waals surface area contributed by atoms with Crippen molar-refractivity contribution >= 4 is 57.5 Å². The lowest BCUT2D eigenvalue weighted by atomic mass is 10.1. The number of aromatic nitrogens is 2. The molecule has 0 spiro atoms. The van der Waals surface area contributed by atoms with Gasteiger partial charge in [0.1, 0.15) is 0 Å². The van der Waals surface area contributed by atoms with Crippen molar-refractivity contribution in [2.45, 2.75) is 24.4 Å². The van der Waals surface area contributed by atoms with E-state index in [-0.39, 0.29) is 17.2 Å². The third kappa shape index (κ3) is 4.51. The number of carbonyl (C=O) groups is 1. The molecule has 3 aromatic carbocycles. The van der Waals surface area contributed by atoms with E-state index in [0.29, 0.717) is 31.8 Å². The number of nitrogens with one attached hydrogen (secondary N) is 1. The molecule has 1 aromatic heterocycles. The van der Waals surface area contributed by atoms with Gasteiger partial charge in [0.25, 0.3) is 5.56 Å². The Balaban J connectivity index is 1.45. The molecule has 1 amide bonds. The maximum Gasteiger partial charge on any atom is 0.266 e. The monoisotopic (exact) mass is 495 g/mol. The van der Waals surface area contributed by atoms with E-state index in [0.717, 1.165) is 24.9 Å². The summed E-state index contributed by atoms with van der Waals surface area (Å²) in [7, 11) is 0. The number of aryl methyl sites for hydroxylation is 2. The molecule has 0 radical (unpaired) electrons. The zero-order chi connectivity index (χ0) is 22.9. The van der Waals surface area contributed by atoms with Gasteiger partial charge in [0.15, 0.2) is 5.16 Å². The Morgan fingerprint density at radius 3 is 2.67 bits per heavy atom. The van der Waals surface area contributed by atoms with Gasteiger partial charge in [-0.25, -0.2) is 4.98 Å². The number of fused-ring (bicyclic) bond motifs is 2. The molecule has 0 bridgehead atoms. The van der Waals surface area contributed by atoms with Gasteiger partial charge in [-0.15, -0.1) is 0 Å². The number of rotatable bonds is 5. The van der Waals surface area contributed by atoms with Crippen LogP contribution in [0.2, 0.25) is 10.0 Å². The van der Waals surface area contributed by atoms with Crippen LogP contribution in [-0.2, 0) is 17.6 Å². The van der Waals surface area contributed by atoms with Gasteiger partial charge in [0, 0.05) is 5.69 Å². The van der Waals surface area contributed by atoms with E-state index >= 15 is 0 Å². The summed E-state index contributed by atoms with van der Waals surface area (Å²) in [6.07, 6.45) is 3.30. The summed E-state index contributed by atoms with van der Waals surface area (Å²) >= 11 is 13.5. The molecule has 4 aromatic rings. The van der Waals surface area contributed by atoms with E-state index in [1.165, 1.54) is 27.5 Å². The molecule has 33 heavy (non-hydrogen) atoms. The van der Waals surface area contributed by atoms with Crippen molar-refractivity contribution in [2.24, 2.45) is 0 Å². The highest BCUT2D eigenvalue weighted by atomic mass is 35.5. The van der Waals surface area contributed by atoms with Crippen LogP contribution in [-0.4, -0.2) is 21.2 Å². The van der Waals surface area contributed by atoms with E-state index < -0.39 is 0 Å². The second-order valence-electron chi connectivity index (χ2n) is 7.82. The maximum absolute atomic E-state index is 13.3. The van der Waals surface area contributed by atoms with E-state index in [1.54, 1.807) is 36.4 Å². The number of amides is 1. The number of anilines is 1. The summed E-state index contributed by atoms with van der Waals surface area (Å²) < 4.78 is 1.47. The van der Waals surface area contributed by atoms with Crippen molar-refractivity contribution in [3.05, 3.63) is 92.2 Å². The molecule has 0 aliphatic heterocycles. The van der Waals surface area contributed by atoms with E-state index in [9.17, 15) is 9.59 Å². The van der Waals surface area contributed by atoms with Crippen LogP contribution in [0.1, 0.15) is 17.5 Å². The summed E-state index contributed by atoms with van der Waals surface area (Å²) in [5.74, 6) is -0.0653. The van der Waals surface area contributed by atoms with Gasteiger partial charge in [-0.2, -0.15) is 0 Å². The highest BCUT2D eigenvalue weighted by Gasteiger charge is 2.16. The number of halogens is 2. The van der Waals surface area contributed by atoms with Crippen LogP contribution in [0.15, 0.2) is 70.6 Å². The minimum atomic E-state index is -0.236. The molecular formula is C25H19Cl2N3O2S. The molecule has 8 heteroatoms. The molecule has 1 aliphatic rings. The first-order valence-electron chi connectivity index (χ1n) is 10.5. The number of carbonyl (C=O) groups excluding carboxylic acids is 1. The number of nitrogens with zero attached hydrogens (tertiary/aromatic N) is 2. The van der Waals surface area contributed by atoms with Gasteiger partial charge in [-0.3, -0.25) is 14.2 Å². The summed E-state index contributed by atoms with van der Waals surface area (Å²) in [6.45, 7) is 0. The highest BCUT2D eigenvalue weighted by Crippen LogP contribution is 2.28. The molecule has 1 aliphatic carbocycles. The SMILES string of the molecule is O=C(CSc1nc2ccccc2c(=O)n1-c1ccc(Cl)c(Cl)c1)Nc1ccc2c(c1)CCC2. The summed E-state index contributed by atoms with van der Waals surface area (Å²) in [4.78, 5) is 30.7. The maximum atomic E-state index is 13.3. The highest BCUT2D eigenvalue weighted by molar-refractivity contribution is 7.99. The molecule has 1 N–H and O–H groups in total. The second-order valence-corrected chi connectivity index (χ2v) is 9.58. The van der Waals surface area contributed by atoms with E-state index in [4.69, 9.17) is 23.2 Å². The van der Waals surface area contributed by atoms with Crippen molar-refractivity contribution < 1.29 is 4.79 Å². The van der Waals surface area contributed by atoms with Gasteiger partial charge in [0.2, 0.25) is 5.91 Å². The normalized spacial score (nSPS) is 12.7. The zero-order valence-corrected chi connectivity index (χ0v) is 19.8. The van der Waals surface area contributed by atoms with Crippen LogP contribution in [0, 0.1) is 0 Å². The third-order valence-corrected chi connectivity index (χ3v) is 7.30. The molecule has 1 heterocycles. The van der Waals surface area contributed by atoms with E-state index in [2.05, 4.69) is 16.4 Å². The fourth-order valence-corrected chi connectivity index (χ4v) is 5.14. The molecule has 5 rings (SSSR count). The van der Waals surface area contributed by atoms with Crippen molar-refractivity contribution in [2.75, 3.05) is 11.1 Å². The molecule has 0 saturated heterocycles. The predicted octanol–water partition coefficient (Wildman–Crippen LogP) is 5.91. The average molecular weight is 496 g/mol. The van der Waals surface area contributed by atoms with Crippen LogP contribution in [0.5, 0.6) is 0 Å². The Hall–Kier alpha value is -2.80. The van der Waals surface area contributed by atoms with E-state index in [1.807, 2.05) is 18.2 Å². The topological polar surface area (TPSA) is 64.0 Å². The van der Waals surface area contributed by atoms with Gasteiger partial charge in [-0.05, 0) is 72.9 Å². The lowest BCUT2D eigenvalue weighted by molar-refractivity contribution is -0.113. The Labute approximate surface area is 204 Å². The number of hydrogen-bond acceptors (Lipinski definition) is 4. The van der Waals surface area contributed by atoms with Crippen LogP contribution >= 0.6 is 35.0 Å². The standard InChI is InChI=1S/C25H19Cl2N3O2S/c26-20-11-10-18(13-21(20)27)30-24(32)19-6-1-2-7-22(19)29-25(30)33-14-23(31)28-17-9-8-15-4-3-5-16(15)12-17/h1-2,6-13H,3-5,14H2,(H,28,31). The molecule has 166 valence electrons. The largest absolute Gasteiger partial charge is 0.325 e. The third-order valence-electron chi connectivity index (χ3n) is 5.62. The Morgan fingerprint density at radius 2 is 1.82 bits per heavy atom. The Morgan fingerprint density at radius 1 is 1.00 bits per heavy atom. The predicted molar refractivity (Wildman–Crippen MR) is 135 cm³/mol. The van der Waals surface area contributed by atoms with Crippen molar-refractivity contribution in [1.29, 1.82) is 0 Å². The smallest absolute Gasteiger partial charge is 0.266 e. The van der Waals surface area contributed by atoms with Crippen LogP contribution in [0.25, 0.3) is 16.6 Å². The van der Waals surface area contributed by atoms with Gasteiger partial charge >= 0.3 is 0 Å². The summed E-state index contributed by atoms with van der Waals surface area (Å²) in [5, 5.41) is 4.57. The fourth-order valence-electron chi connectivity index (χ4n) is 4.04. The Bertz CT molecular complexity index is 1450. The van der Waals surface area contributed by atoms with Gasteiger partial charge in [0.05, 0.1) is 32.4 Å². The number of thioether (sulfide) groups is 1. The number of para-hydroxylation sites is 1. The van der Waals surface area contributed by atoms with Crippen molar-refractivity contribution in [3.63, 3.8) is 0 Å². The van der Waals surface area contributed by atoms with Crippen LogP contribution in [0.3, 0.4) is 0 Å². The molecule has 0 saturated carbocycles. The lowest BCUT2D eigenvalue weighted by Gasteiger charge is -2.14. The zero-order valence-electron chi connectivity index (χ0n) is 17.5. The molecule has 0 atom stereocenters. The number of benzene rings is 3. The second kappa shape index (κ2) is 9.21. The van der Waals surface area contributed by atoms with Crippen LogP contribution < -0.4 is 10.9 Å².